The van der Waals surface area contributed by atoms with E-state index >= 15 is 0 Å². The van der Waals surface area contributed by atoms with Gasteiger partial charge in [0.25, 0.3) is 0 Å². The maximum absolute atomic E-state index is 13.0. The minimum atomic E-state index is -0.0868. The van der Waals surface area contributed by atoms with Crippen molar-refractivity contribution in [3.05, 3.63) is 72.2 Å². The Balaban J connectivity index is 2.09. The van der Waals surface area contributed by atoms with Crippen molar-refractivity contribution >= 4 is 11.8 Å². The van der Waals surface area contributed by atoms with Crippen LogP contribution in [0.2, 0.25) is 0 Å². The summed E-state index contributed by atoms with van der Waals surface area (Å²) in [5.74, 6) is 1.45. The number of hydrogen-bond acceptors (Lipinski definition) is 3. The standard InChI is InChI=1S/C23H30N2O3/c1-4-9-22(26)24(15-5-2)18-23(27)25(17-21-13-12-19(3)28-21)16-14-20-10-7-6-8-11-20/h5-8,10-13H,2,4,9,14-18H2,1,3H3. The SMILES string of the molecule is C=CCN(CC(=O)N(CCc1ccccc1)Cc1ccc(C)o1)C(=O)CCC. The van der Waals surface area contributed by atoms with Gasteiger partial charge in [-0.1, -0.05) is 43.3 Å². The lowest BCUT2D eigenvalue weighted by Gasteiger charge is -2.26. The number of hydrogen-bond donors (Lipinski definition) is 0. The second-order valence-corrected chi connectivity index (χ2v) is 6.88. The average Bonchev–Trinajstić information content (AvgIpc) is 3.10. The number of carbonyl (C=O) groups excluding carboxylic acids is 2. The first kappa shape index (κ1) is 21.5. The number of rotatable bonds is 11. The summed E-state index contributed by atoms with van der Waals surface area (Å²) in [6, 6.07) is 13.8. The van der Waals surface area contributed by atoms with Crippen LogP contribution in [0, 0.1) is 6.92 Å². The first-order valence-electron chi connectivity index (χ1n) is 9.79. The molecule has 0 bridgehead atoms. The summed E-state index contributed by atoms with van der Waals surface area (Å²) in [5.41, 5.74) is 1.17. The van der Waals surface area contributed by atoms with Crippen molar-refractivity contribution in [2.45, 2.75) is 39.7 Å². The second-order valence-electron chi connectivity index (χ2n) is 6.88. The van der Waals surface area contributed by atoms with Gasteiger partial charge in [-0.05, 0) is 37.5 Å². The zero-order chi connectivity index (χ0) is 20.4. The number of carbonyl (C=O) groups is 2. The van der Waals surface area contributed by atoms with Gasteiger partial charge in [-0.2, -0.15) is 0 Å². The molecule has 0 saturated carbocycles. The first-order chi connectivity index (χ1) is 13.5. The highest BCUT2D eigenvalue weighted by Crippen LogP contribution is 2.12. The Morgan fingerprint density at radius 2 is 1.82 bits per heavy atom. The molecule has 2 amide bonds. The monoisotopic (exact) mass is 382 g/mol. The molecule has 0 saturated heterocycles. The molecule has 0 aliphatic rings. The molecule has 2 rings (SSSR count). The molecule has 1 heterocycles. The fourth-order valence-corrected chi connectivity index (χ4v) is 3.00. The molecule has 5 heteroatoms. The van der Waals surface area contributed by atoms with Gasteiger partial charge >= 0.3 is 0 Å². The Kier molecular flexibility index (Phi) is 8.53. The van der Waals surface area contributed by atoms with Gasteiger partial charge in [0, 0.05) is 19.5 Å². The van der Waals surface area contributed by atoms with E-state index < -0.39 is 0 Å². The fraction of sp³-hybridized carbons (Fsp3) is 0.391. The van der Waals surface area contributed by atoms with Crippen LogP contribution in [-0.4, -0.2) is 41.2 Å². The minimum Gasteiger partial charge on any atom is -0.464 e. The Labute approximate surface area is 167 Å². The highest BCUT2D eigenvalue weighted by molar-refractivity contribution is 5.85. The molecule has 0 spiro atoms. The van der Waals surface area contributed by atoms with Crippen molar-refractivity contribution in [1.82, 2.24) is 9.80 Å². The van der Waals surface area contributed by atoms with Gasteiger partial charge < -0.3 is 14.2 Å². The molecular formula is C23H30N2O3. The summed E-state index contributed by atoms with van der Waals surface area (Å²) in [6.45, 7) is 8.93. The van der Waals surface area contributed by atoms with Crippen LogP contribution in [0.25, 0.3) is 0 Å². The first-order valence-corrected chi connectivity index (χ1v) is 9.79. The summed E-state index contributed by atoms with van der Waals surface area (Å²) in [7, 11) is 0. The number of aryl methyl sites for hydroxylation is 1. The van der Waals surface area contributed by atoms with Gasteiger partial charge in [-0.3, -0.25) is 9.59 Å². The van der Waals surface area contributed by atoms with Crippen LogP contribution in [0.5, 0.6) is 0 Å². The molecule has 2 aromatic rings. The maximum atomic E-state index is 13.0. The average molecular weight is 383 g/mol. The van der Waals surface area contributed by atoms with Crippen LogP contribution in [-0.2, 0) is 22.6 Å². The Morgan fingerprint density at radius 3 is 2.43 bits per heavy atom. The summed E-state index contributed by atoms with van der Waals surface area (Å²) >= 11 is 0. The van der Waals surface area contributed by atoms with Gasteiger partial charge in [-0.15, -0.1) is 6.58 Å². The smallest absolute Gasteiger partial charge is 0.242 e. The van der Waals surface area contributed by atoms with E-state index in [0.29, 0.717) is 26.1 Å². The molecule has 5 nitrogen and oxygen atoms in total. The highest BCUT2D eigenvalue weighted by atomic mass is 16.3. The third kappa shape index (κ3) is 6.72. The maximum Gasteiger partial charge on any atom is 0.242 e. The van der Waals surface area contributed by atoms with Crippen molar-refractivity contribution in [3.8, 4) is 0 Å². The molecule has 1 aromatic carbocycles. The number of benzene rings is 1. The van der Waals surface area contributed by atoms with E-state index in [1.165, 1.54) is 5.56 Å². The molecule has 150 valence electrons. The van der Waals surface area contributed by atoms with E-state index in [1.54, 1.807) is 15.9 Å². The summed E-state index contributed by atoms with van der Waals surface area (Å²) in [6.07, 6.45) is 3.59. The third-order valence-electron chi connectivity index (χ3n) is 4.50. The lowest BCUT2D eigenvalue weighted by Crippen LogP contribution is -2.43. The van der Waals surface area contributed by atoms with Gasteiger partial charge in [-0.25, -0.2) is 0 Å². The molecule has 0 aliphatic carbocycles. The number of amides is 2. The van der Waals surface area contributed by atoms with Crippen LogP contribution >= 0.6 is 0 Å². The van der Waals surface area contributed by atoms with Gasteiger partial charge in [0.15, 0.2) is 0 Å². The van der Waals surface area contributed by atoms with E-state index in [0.717, 1.165) is 24.4 Å². The van der Waals surface area contributed by atoms with Crippen LogP contribution in [0.1, 0.15) is 36.8 Å². The van der Waals surface area contributed by atoms with E-state index in [-0.39, 0.29) is 18.4 Å². The van der Waals surface area contributed by atoms with E-state index in [9.17, 15) is 9.59 Å². The number of furan rings is 1. The summed E-state index contributed by atoms with van der Waals surface area (Å²) < 4.78 is 5.66. The molecule has 1 aromatic heterocycles. The Hall–Kier alpha value is -2.82. The van der Waals surface area contributed by atoms with Crippen LogP contribution in [0.3, 0.4) is 0 Å². The normalized spacial score (nSPS) is 10.5. The molecule has 0 radical (unpaired) electrons. The Bertz CT molecular complexity index is 767. The molecule has 0 N–H and O–H groups in total. The van der Waals surface area contributed by atoms with Crippen molar-refractivity contribution in [2.75, 3.05) is 19.6 Å². The van der Waals surface area contributed by atoms with E-state index in [4.69, 9.17) is 4.42 Å². The third-order valence-corrected chi connectivity index (χ3v) is 4.50. The zero-order valence-corrected chi connectivity index (χ0v) is 16.9. The largest absolute Gasteiger partial charge is 0.464 e. The van der Waals surface area contributed by atoms with Crippen LogP contribution < -0.4 is 0 Å². The van der Waals surface area contributed by atoms with E-state index in [1.807, 2.05) is 44.2 Å². The lowest BCUT2D eigenvalue weighted by molar-refractivity contribution is -0.140. The quantitative estimate of drug-likeness (QED) is 0.553. The number of nitrogens with zero attached hydrogens (tertiary/aromatic N) is 2. The minimum absolute atomic E-state index is 0.0207. The predicted molar refractivity (Wildman–Crippen MR) is 111 cm³/mol. The van der Waals surface area contributed by atoms with Crippen molar-refractivity contribution < 1.29 is 14.0 Å². The topological polar surface area (TPSA) is 53.8 Å². The van der Waals surface area contributed by atoms with Crippen molar-refractivity contribution in [1.29, 1.82) is 0 Å². The predicted octanol–water partition coefficient (Wildman–Crippen LogP) is 3.97. The molecule has 0 atom stereocenters. The molecule has 0 unspecified atom stereocenters. The highest BCUT2D eigenvalue weighted by Gasteiger charge is 2.21. The van der Waals surface area contributed by atoms with Gasteiger partial charge in [0.2, 0.25) is 11.8 Å². The van der Waals surface area contributed by atoms with Crippen molar-refractivity contribution in [2.24, 2.45) is 0 Å². The second kappa shape index (κ2) is 11.1. The Morgan fingerprint density at radius 1 is 1.07 bits per heavy atom. The molecular weight excluding hydrogens is 352 g/mol. The zero-order valence-electron chi connectivity index (χ0n) is 16.9. The lowest BCUT2D eigenvalue weighted by atomic mass is 10.1. The van der Waals surface area contributed by atoms with E-state index in [2.05, 4.69) is 18.7 Å². The summed E-state index contributed by atoms with van der Waals surface area (Å²) in [4.78, 5) is 28.7. The van der Waals surface area contributed by atoms with Gasteiger partial charge in [0.05, 0.1) is 6.54 Å². The van der Waals surface area contributed by atoms with Crippen molar-refractivity contribution in [3.63, 3.8) is 0 Å². The van der Waals surface area contributed by atoms with Gasteiger partial charge in [0.1, 0.15) is 18.1 Å². The fourth-order valence-electron chi connectivity index (χ4n) is 3.00. The molecule has 0 fully saturated rings. The molecule has 28 heavy (non-hydrogen) atoms. The summed E-state index contributed by atoms with van der Waals surface area (Å²) in [5, 5.41) is 0. The molecule has 0 aliphatic heterocycles. The van der Waals surface area contributed by atoms with Crippen LogP contribution in [0.15, 0.2) is 59.5 Å². The van der Waals surface area contributed by atoms with Crippen LogP contribution in [0.4, 0.5) is 0 Å².